The lowest BCUT2D eigenvalue weighted by Crippen LogP contribution is -2.21. The van der Waals surface area contributed by atoms with E-state index in [2.05, 4.69) is 31.8 Å². The second-order valence-corrected chi connectivity index (χ2v) is 5.72. The first kappa shape index (κ1) is 19.4. The molecule has 0 aromatic carbocycles. The van der Waals surface area contributed by atoms with E-state index in [-0.39, 0.29) is 12.6 Å². The summed E-state index contributed by atoms with van der Waals surface area (Å²) in [6.45, 7) is 5.02. The summed E-state index contributed by atoms with van der Waals surface area (Å²) in [4.78, 5) is 22.4. The fourth-order valence-electron chi connectivity index (χ4n) is 1.52. The van der Waals surface area contributed by atoms with Crippen LogP contribution in [-0.4, -0.2) is 35.7 Å². The number of carbonyl (C=O) groups is 2. The first-order chi connectivity index (χ1) is 9.49. The molecule has 0 aromatic rings. The number of rotatable bonds is 11. The van der Waals surface area contributed by atoms with E-state index in [1.54, 1.807) is 6.92 Å². The molecular formula is C14H24O4S2. The molecule has 0 aliphatic carbocycles. The highest BCUT2D eigenvalue weighted by molar-refractivity contribution is 7.81. The Morgan fingerprint density at radius 1 is 1.30 bits per heavy atom. The molecule has 2 unspecified atom stereocenters. The van der Waals surface area contributed by atoms with Gasteiger partial charge in [-0.2, -0.15) is 25.3 Å². The van der Waals surface area contributed by atoms with E-state index in [0.29, 0.717) is 11.7 Å². The van der Waals surface area contributed by atoms with E-state index in [0.717, 1.165) is 37.5 Å². The van der Waals surface area contributed by atoms with Gasteiger partial charge in [-0.05, 0) is 31.9 Å². The molecule has 0 fully saturated rings. The van der Waals surface area contributed by atoms with E-state index >= 15 is 0 Å². The van der Waals surface area contributed by atoms with Gasteiger partial charge in [-0.25, -0.2) is 4.79 Å². The van der Waals surface area contributed by atoms with Crippen LogP contribution in [0.1, 0.15) is 39.0 Å². The Morgan fingerprint density at radius 3 is 2.60 bits per heavy atom. The Bertz CT molecular complexity index is 308. The molecule has 0 saturated carbocycles. The number of ether oxygens (including phenoxy) is 2. The van der Waals surface area contributed by atoms with Gasteiger partial charge in [0, 0.05) is 17.7 Å². The largest absolute Gasteiger partial charge is 0.459 e. The van der Waals surface area contributed by atoms with E-state index < -0.39 is 12.1 Å². The number of thiol groups is 2. The number of hydrogen-bond acceptors (Lipinski definition) is 6. The van der Waals surface area contributed by atoms with Gasteiger partial charge in [-0.15, -0.1) is 0 Å². The van der Waals surface area contributed by atoms with Crippen molar-refractivity contribution in [3.05, 3.63) is 12.7 Å². The van der Waals surface area contributed by atoms with Crippen LogP contribution in [0.25, 0.3) is 0 Å². The SMILES string of the molecule is C=CC(=O)OCC(C)OC(=O)CCCCC(S)CCS. The standard InChI is InChI=1S/C14H24O4S2/c1-3-13(15)17-10-11(2)18-14(16)7-5-4-6-12(20)8-9-19/h3,11-12,19-20H,1,4-10H2,2H3. The first-order valence-electron chi connectivity index (χ1n) is 6.77. The van der Waals surface area contributed by atoms with Crippen LogP contribution in [0.15, 0.2) is 12.7 Å². The van der Waals surface area contributed by atoms with Gasteiger partial charge in [0.15, 0.2) is 0 Å². The monoisotopic (exact) mass is 320 g/mol. The molecule has 0 radical (unpaired) electrons. The van der Waals surface area contributed by atoms with Crippen LogP contribution in [0, 0.1) is 0 Å². The lowest BCUT2D eigenvalue weighted by Gasteiger charge is -2.13. The minimum Gasteiger partial charge on any atom is -0.459 e. The molecule has 6 heteroatoms. The third-order valence-corrected chi connectivity index (χ3v) is 3.36. The van der Waals surface area contributed by atoms with Crippen LogP contribution in [0.4, 0.5) is 0 Å². The van der Waals surface area contributed by atoms with Gasteiger partial charge < -0.3 is 9.47 Å². The summed E-state index contributed by atoms with van der Waals surface area (Å²) in [5.41, 5.74) is 0. The molecule has 0 bridgehead atoms. The van der Waals surface area contributed by atoms with Crippen LogP contribution in [0.2, 0.25) is 0 Å². The number of carbonyl (C=O) groups excluding carboxylic acids is 2. The minimum atomic E-state index is -0.517. The van der Waals surface area contributed by atoms with Crippen molar-refractivity contribution in [1.82, 2.24) is 0 Å². The molecule has 0 N–H and O–H groups in total. The van der Waals surface area contributed by atoms with Gasteiger partial charge in [-0.3, -0.25) is 4.79 Å². The van der Waals surface area contributed by atoms with Gasteiger partial charge in [-0.1, -0.05) is 13.0 Å². The fraction of sp³-hybridized carbons (Fsp3) is 0.714. The van der Waals surface area contributed by atoms with E-state index in [9.17, 15) is 9.59 Å². The van der Waals surface area contributed by atoms with Gasteiger partial charge in [0.25, 0.3) is 0 Å². The van der Waals surface area contributed by atoms with Crippen molar-refractivity contribution in [2.75, 3.05) is 12.4 Å². The average Bonchev–Trinajstić information content (AvgIpc) is 2.41. The van der Waals surface area contributed by atoms with Crippen molar-refractivity contribution in [3.8, 4) is 0 Å². The highest BCUT2D eigenvalue weighted by Gasteiger charge is 2.11. The molecule has 0 amide bonds. The Labute approximate surface area is 132 Å². The zero-order chi connectivity index (χ0) is 15.4. The maximum absolute atomic E-state index is 11.5. The smallest absolute Gasteiger partial charge is 0.330 e. The van der Waals surface area contributed by atoms with Gasteiger partial charge in [0.05, 0.1) is 0 Å². The van der Waals surface area contributed by atoms with Crippen molar-refractivity contribution in [3.63, 3.8) is 0 Å². The molecule has 0 spiro atoms. The first-order valence-corrected chi connectivity index (χ1v) is 7.92. The van der Waals surface area contributed by atoms with Crippen molar-refractivity contribution in [1.29, 1.82) is 0 Å². The molecule has 4 nitrogen and oxygen atoms in total. The van der Waals surface area contributed by atoms with Crippen LogP contribution in [0.5, 0.6) is 0 Å². The van der Waals surface area contributed by atoms with Crippen molar-refractivity contribution >= 4 is 37.2 Å². The predicted molar refractivity (Wildman–Crippen MR) is 86.4 cm³/mol. The zero-order valence-corrected chi connectivity index (χ0v) is 13.7. The highest BCUT2D eigenvalue weighted by Crippen LogP contribution is 2.13. The molecule has 2 atom stereocenters. The van der Waals surface area contributed by atoms with Gasteiger partial charge in [0.2, 0.25) is 0 Å². The predicted octanol–water partition coefficient (Wildman–Crippen LogP) is 2.83. The van der Waals surface area contributed by atoms with E-state index in [4.69, 9.17) is 9.47 Å². The third kappa shape index (κ3) is 11.2. The topological polar surface area (TPSA) is 52.6 Å². The highest BCUT2D eigenvalue weighted by atomic mass is 32.1. The summed E-state index contributed by atoms with van der Waals surface area (Å²) >= 11 is 8.58. The summed E-state index contributed by atoms with van der Waals surface area (Å²) in [6.07, 6.45) is 4.69. The fourth-order valence-corrected chi connectivity index (χ4v) is 2.35. The van der Waals surface area contributed by atoms with Crippen LogP contribution in [-0.2, 0) is 19.1 Å². The molecule has 0 heterocycles. The summed E-state index contributed by atoms with van der Waals surface area (Å²) in [7, 11) is 0. The molecule has 0 rings (SSSR count). The van der Waals surface area contributed by atoms with Crippen molar-refractivity contribution in [2.45, 2.75) is 50.4 Å². The number of hydrogen-bond donors (Lipinski definition) is 2. The molecule has 0 aliphatic rings. The maximum Gasteiger partial charge on any atom is 0.330 e. The van der Waals surface area contributed by atoms with Gasteiger partial charge >= 0.3 is 11.9 Å². The summed E-state index contributed by atoms with van der Waals surface area (Å²) in [5, 5.41) is 0.348. The molecule has 0 aromatic heterocycles. The lowest BCUT2D eigenvalue weighted by atomic mass is 10.1. The van der Waals surface area contributed by atoms with Crippen molar-refractivity contribution in [2.24, 2.45) is 0 Å². The second kappa shape index (κ2) is 12.1. The second-order valence-electron chi connectivity index (χ2n) is 4.55. The molecule has 0 saturated heterocycles. The van der Waals surface area contributed by atoms with Crippen LogP contribution >= 0.6 is 25.3 Å². The average molecular weight is 320 g/mol. The summed E-state index contributed by atoms with van der Waals surface area (Å²) in [5.74, 6) is 0.0471. The Kier molecular flexibility index (Phi) is 11.8. The van der Waals surface area contributed by atoms with E-state index in [1.807, 2.05) is 0 Å². The summed E-state index contributed by atoms with van der Waals surface area (Å²) < 4.78 is 9.90. The summed E-state index contributed by atoms with van der Waals surface area (Å²) in [6, 6.07) is 0. The van der Waals surface area contributed by atoms with Crippen molar-refractivity contribution < 1.29 is 19.1 Å². The zero-order valence-electron chi connectivity index (χ0n) is 11.9. The maximum atomic E-state index is 11.5. The molecular weight excluding hydrogens is 296 g/mol. The molecule has 0 aliphatic heterocycles. The molecule has 116 valence electrons. The van der Waals surface area contributed by atoms with Gasteiger partial charge in [0.1, 0.15) is 12.7 Å². The Hall–Kier alpha value is -0.620. The minimum absolute atomic E-state index is 0.0528. The Balaban J connectivity index is 3.62. The van der Waals surface area contributed by atoms with Crippen LogP contribution in [0.3, 0.4) is 0 Å². The quantitative estimate of drug-likeness (QED) is 0.266. The lowest BCUT2D eigenvalue weighted by molar-refractivity contribution is -0.155. The number of esters is 2. The number of unbranched alkanes of at least 4 members (excludes halogenated alkanes) is 1. The normalized spacial score (nSPS) is 13.3. The third-order valence-electron chi connectivity index (χ3n) is 2.59. The Morgan fingerprint density at radius 2 is 2.00 bits per heavy atom. The van der Waals surface area contributed by atoms with E-state index in [1.165, 1.54) is 0 Å². The van der Waals surface area contributed by atoms with Crippen LogP contribution < -0.4 is 0 Å². The molecule has 20 heavy (non-hydrogen) atoms.